The van der Waals surface area contributed by atoms with Gasteiger partial charge in [0, 0.05) is 13.6 Å². The monoisotopic (exact) mass is 485 g/mol. The number of esters is 2. The van der Waals surface area contributed by atoms with Crippen molar-refractivity contribution >= 4 is 23.5 Å². The van der Waals surface area contributed by atoms with E-state index in [0.717, 1.165) is 26.1 Å². The molecule has 1 fully saturated rings. The highest BCUT2D eigenvalue weighted by atomic mass is 16.7. The van der Waals surface area contributed by atoms with Gasteiger partial charge in [-0.15, -0.1) is 0 Å². The third-order valence-electron chi connectivity index (χ3n) is 6.06. The Labute approximate surface area is 206 Å². The number of hydrogen-bond acceptors (Lipinski definition) is 8. The van der Waals surface area contributed by atoms with Gasteiger partial charge >= 0.3 is 11.9 Å². The molecule has 0 spiro atoms. The first-order chi connectivity index (χ1) is 16.9. The Balaban J connectivity index is 1.74. The van der Waals surface area contributed by atoms with Crippen LogP contribution in [-0.4, -0.2) is 74.3 Å². The number of nitrogens with zero attached hydrogens (tertiary/aromatic N) is 2. The molecule has 35 heavy (non-hydrogen) atoms. The number of likely N-dealkylation sites (N-methyl/N-ethyl adjacent to an activating group) is 1. The molecular formula is C26H35N3O6. The molecule has 2 aliphatic carbocycles. The lowest BCUT2D eigenvalue weighted by molar-refractivity contribution is -0.178. The maximum Gasteiger partial charge on any atom is 0.340 e. The number of hydrogen-bond donors (Lipinski definition) is 1. The van der Waals surface area contributed by atoms with Crippen LogP contribution in [-0.2, 0) is 25.5 Å². The molecule has 9 nitrogen and oxygen atoms in total. The van der Waals surface area contributed by atoms with Gasteiger partial charge in [-0.3, -0.25) is 9.63 Å². The van der Waals surface area contributed by atoms with Crippen LogP contribution in [0.4, 0.5) is 5.69 Å². The molecule has 1 saturated heterocycles. The SMILES string of the molecule is CCOC(=O)c1c2ccc(CC(=O)N(C)OCCCN3CCCC3)ccc-2c(C(=O)OCC)c1N. The van der Waals surface area contributed by atoms with Crippen LogP contribution in [0, 0.1) is 0 Å². The van der Waals surface area contributed by atoms with Crippen molar-refractivity contribution in [2.45, 2.75) is 39.5 Å². The summed E-state index contributed by atoms with van der Waals surface area (Å²) in [5.74, 6) is -1.43. The highest BCUT2D eigenvalue weighted by molar-refractivity contribution is 6.15. The molecular weight excluding hydrogens is 450 g/mol. The summed E-state index contributed by atoms with van der Waals surface area (Å²) in [5.41, 5.74) is 8.10. The third-order valence-corrected chi connectivity index (χ3v) is 6.06. The summed E-state index contributed by atoms with van der Waals surface area (Å²) in [6.45, 7) is 7.45. The summed E-state index contributed by atoms with van der Waals surface area (Å²) in [7, 11) is 1.61. The third kappa shape index (κ3) is 6.49. The predicted octanol–water partition coefficient (Wildman–Crippen LogP) is 3.15. The zero-order chi connectivity index (χ0) is 25.4. The van der Waals surface area contributed by atoms with Crippen molar-refractivity contribution in [1.29, 1.82) is 0 Å². The van der Waals surface area contributed by atoms with E-state index >= 15 is 0 Å². The minimum Gasteiger partial charge on any atom is -0.462 e. The van der Waals surface area contributed by atoms with Crippen LogP contribution < -0.4 is 5.73 Å². The van der Waals surface area contributed by atoms with Gasteiger partial charge < -0.3 is 20.1 Å². The molecule has 9 heteroatoms. The van der Waals surface area contributed by atoms with Gasteiger partial charge in [-0.25, -0.2) is 14.7 Å². The highest BCUT2D eigenvalue weighted by Crippen LogP contribution is 2.39. The van der Waals surface area contributed by atoms with Gasteiger partial charge in [0.15, 0.2) is 0 Å². The second-order valence-electron chi connectivity index (χ2n) is 8.48. The van der Waals surface area contributed by atoms with Crippen LogP contribution >= 0.6 is 0 Å². The Morgan fingerprint density at radius 2 is 1.49 bits per heavy atom. The molecule has 190 valence electrons. The quantitative estimate of drug-likeness (QED) is 0.294. The van der Waals surface area contributed by atoms with Crippen molar-refractivity contribution in [3.05, 3.63) is 41.0 Å². The Morgan fingerprint density at radius 1 is 0.943 bits per heavy atom. The summed E-state index contributed by atoms with van der Waals surface area (Å²) >= 11 is 0. The summed E-state index contributed by atoms with van der Waals surface area (Å²) < 4.78 is 10.3. The fourth-order valence-corrected chi connectivity index (χ4v) is 4.29. The number of rotatable bonds is 11. The summed E-state index contributed by atoms with van der Waals surface area (Å²) in [6.07, 6.45) is 3.46. The summed E-state index contributed by atoms with van der Waals surface area (Å²) in [5, 5.41) is 1.27. The van der Waals surface area contributed by atoms with Gasteiger partial charge in [-0.2, -0.15) is 0 Å². The Hall–Kier alpha value is -3.17. The fourth-order valence-electron chi connectivity index (χ4n) is 4.29. The first-order valence-electron chi connectivity index (χ1n) is 12.2. The van der Waals surface area contributed by atoms with Crippen LogP contribution in [0.25, 0.3) is 11.1 Å². The lowest BCUT2D eigenvalue weighted by Gasteiger charge is -2.18. The first kappa shape index (κ1) is 26.4. The lowest BCUT2D eigenvalue weighted by atomic mass is 10.1. The summed E-state index contributed by atoms with van der Waals surface area (Å²) in [4.78, 5) is 45.9. The van der Waals surface area contributed by atoms with Gasteiger partial charge in [0.1, 0.15) is 0 Å². The smallest absolute Gasteiger partial charge is 0.340 e. The van der Waals surface area contributed by atoms with E-state index in [0.29, 0.717) is 23.3 Å². The number of hydroxylamine groups is 2. The molecule has 0 unspecified atom stereocenters. The molecule has 2 N–H and O–H groups in total. The van der Waals surface area contributed by atoms with Crippen molar-refractivity contribution < 1.29 is 28.7 Å². The Bertz CT molecular complexity index is 963. The molecule has 3 aliphatic rings. The van der Waals surface area contributed by atoms with E-state index in [9.17, 15) is 14.4 Å². The number of nitrogen functional groups attached to an aromatic ring is 1. The van der Waals surface area contributed by atoms with Crippen molar-refractivity contribution in [2.24, 2.45) is 0 Å². The second kappa shape index (κ2) is 12.5. The van der Waals surface area contributed by atoms with Crippen molar-refractivity contribution in [1.82, 2.24) is 9.96 Å². The number of nitrogens with two attached hydrogens (primary N) is 1. The largest absolute Gasteiger partial charge is 0.462 e. The molecule has 0 aromatic carbocycles. The van der Waals surface area contributed by atoms with E-state index in [4.69, 9.17) is 20.0 Å². The van der Waals surface area contributed by atoms with Crippen molar-refractivity contribution in [2.75, 3.05) is 52.2 Å². The van der Waals surface area contributed by atoms with E-state index in [1.165, 1.54) is 17.9 Å². The standard InChI is InChI=1S/C26H35N3O6/c1-4-33-25(31)22-19-11-9-18(10-12-20(19)23(24(22)27)26(32)34-5-2)17-21(30)28(3)35-16-8-15-29-13-6-7-14-29/h9-12H,4-8,13-17,27H2,1-3H3. The fraction of sp³-hybridized carbons (Fsp3) is 0.500. The normalized spacial score (nSPS) is 13.7. The zero-order valence-electron chi connectivity index (χ0n) is 20.8. The maximum absolute atomic E-state index is 12.7. The number of ether oxygens (including phenoxy) is 2. The summed E-state index contributed by atoms with van der Waals surface area (Å²) in [6, 6.07) is 6.83. The van der Waals surface area contributed by atoms with Crippen molar-refractivity contribution in [3.8, 4) is 11.1 Å². The van der Waals surface area contributed by atoms with Crippen LogP contribution in [0.1, 0.15) is 59.4 Å². The van der Waals surface area contributed by atoms with E-state index < -0.39 is 11.9 Å². The van der Waals surface area contributed by atoms with Crippen LogP contribution in [0.5, 0.6) is 0 Å². The minimum atomic E-state index is -0.614. The molecule has 0 bridgehead atoms. The Kier molecular flexibility index (Phi) is 9.45. The first-order valence-corrected chi connectivity index (χ1v) is 12.2. The topological polar surface area (TPSA) is 111 Å². The van der Waals surface area contributed by atoms with E-state index in [-0.39, 0.29) is 42.4 Å². The average Bonchev–Trinajstić information content (AvgIpc) is 3.38. The van der Waals surface area contributed by atoms with Gasteiger partial charge in [0.05, 0.1) is 43.1 Å². The molecule has 0 radical (unpaired) electrons. The molecule has 0 saturated carbocycles. The number of carbonyl (C=O) groups excluding carboxylic acids is 3. The number of likely N-dealkylation sites (tertiary alicyclic amines) is 1. The second-order valence-corrected chi connectivity index (χ2v) is 8.48. The van der Waals surface area contributed by atoms with Gasteiger partial charge in [0.25, 0.3) is 0 Å². The Morgan fingerprint density at radius 3 is 2.00 bits per heavy atom. The van der Waals surface area contributed by atoms with E-state index in [1.54, 1.807) is 45.2 Å². The van der Waals surface area contributed by atoms with Crippen LogP contribution in [0.2, 0.25) is 0 Å². The van der Waals surface area contributed by atoms with Gasteiger partial charge in [-0.05, 0) is 62.9 Å². The minimum absolute atomic E-state index is 0.0304. The molecule has 1 aliphatic heterocycles. The van der Waals surface area contributed by atoms with Crippen molar-refractivity contribution in [3.63, 3.8) is 0 Å². The predicted molar refractivity (Wildman–Crippen MR) is 132 cm³/mol. The van der Waals surface area contributed by atoms with Crippen LogP contribution in [0.3, 0.4) is 0 Å². The number of carbonyl (C=O) groups is 3. The number of anilines is 1. The molecule has 0 aromatic heterocycles. The van der Waals surface area contributed by atoms with E-state index in [2.05, 4.69) is 4.90 Å². The molecule has 1 heterocycles. The maximum atomic E-state index is 12.7. The zero-order valence-corrected chi connectivity index (χ0v) is 20.8. The number of fused-ring (bicyclic) bond motifs is 1. The average molecular weight is 486 g/mol. The molecule has 0 atom stereocenters. The lowest BCUT2D eigenvalue weighted by Crippen LogP contribution is -2.30. The number of amides is 1. The molecule has 3 rings (SSSR count). The van der Waals surface area contributed by atoms with Gasteiger partial charge in [0.2, 0.25) is 5.91 Å². The molecule has 0 aromatic rings. The highest BCUT2D eigenvalue weighted by Gasteiger charge is 2.30. The van der Waals surface area contributed by atoms with Gasteiger partial charge in [-0.1, -0.05) is 24.3 Å². The molecule has 1 amide bonds. The van der Waals surface area contributed by atoms with E-state index in [1.807, 2.05) is 0 Å². The van der Waals surface area contributed by atoms with Crippen LogP contribution in [0.15, 0.2) is 24.3 Å².